The highest BCUT2D eigenvalue weighted by Crippen LogP contribution is 2.51. The van der Waals surface area contributed by atoms with Gasteiger partial charge in [-0.3, -0.25) is 4.79 Å². The van der Waals surface area contributed by atoms with Crippen LogP contribution >= 0.6 is 0 Å². The Kier molecular flexibility index (Phi) is 6.91. The Morgan fingerprint density at radius 1 is 1.16 bits per heavy atom. The monoisotopic (exact) mass is 448 g/mol. The third-order valence-corrected chi connectivity index (χ3v) is 6.02. The quantitative estimate of drug-likeness (QED) is 0.280. The summed E-state index contributed by atoms with van der Waals surface area (Å²) in [6.07, 6.45) is -9.07. The SMILES string of the molecule is COC(=O)C1=CO[C@@H](O[C@@H]2O[C@H](CO)[C@@H](O)[C@H](O)[C@H]2O)[C@H]2[C@@H]1[C@H](O)C[C@]2(C)OC(C)=O. The lowest BCUT2D eigenvalue weighted by Gasteiger charge is -2.44. The molecule has 12 nitrogen and oxygen atoms in total. The zero-order valence-electron chi connectivity index (χ0n) is 17.3. The molecule has 1 saturated carbocycles. The number of carbonyl (C=O) groups excluding carboxylic acids is 2. The fraction of sp³-hybridized carbons (Fsp3) is 0.789. The van der Waals surface area contributed by atoms with Crippen molar-refractivity contribution in [3.63, 3.8) is 0 Å². The lowest BCUT2D eigenvalue weighted by atomic mass is 9.80. The fourth-order valence-electron chi connectivity index (χ4n) is 4.63. The smallest absolute Gasteiger partial charge is 0.337 e. The maximum Gasteiger partial charge on any atom is 0.337 e. The molecule has 12 heteroatoms. The van der Waals surface area contributed by atoms with Crippen molar-refractivity contribution >= 4 is 11.9 Å². The van der Waals surface area contributed by atoms with Crippen LogP contribution in [0.2, 0.25) is 0 Å². The lowest BCUT2D eigenvalue weighted by Crippen LogP contribution is -2.61. The van der Waals surface area contributed by atoms with Crippen LogP contribution in [0.1, 0.15) is 20.3 Å². The molecule has 0 aromatic carbocycles. The molecule has 176 valence electrons. The highest BCUT2D eigenvalue weighted by Gasteiger charge is 2.61. The number of fused-ring (bicyclic) bond motifs is 1. The molecule has 0 aromatic heterocycles. The molecule has 0 spiro atoms. The molecular weight excluding hydrogens is 420 g/mol. The van der Waals surface area contributed by atoms with E-state index in [-0.39, 0.29) is 12.0 Å². The zero-order chi connectivity index (χ0) is 23.1. The van der Waals surface area contributed by atoms with Crippen LogP contribution in [0.4, 0.5) is 0 Å². The molecule has 0 radical (unpaired) electrons. The average molecular weight is 448 g/mol. The number of rotatable bonds is 5. The lowest BCUT2D eigenvalue weighted by molar-refractivity contribution is -0.346. The largest absolute Gasteiger partial charge is 0.471 e. The van der Waals surface area contributed by atoms with E-state index >= 15 is 0 Å². The van der Waals surface area contributed by atoms with E-state index < -0.39 is 79.1 Å². The topological polar surface area (TPSA) is 181 Å². The minimum atomic E-state index is -1.70. The third kappa shape index (κ3) is 4.29. The molecule has 1 saturated heterocycles. The van der Waals surface area contributed by atoms with E-state index in [0.29, 0.717) is 0 Å². The number of hydrogen-bond donors (Lipinski definition) is 5. The van der Waals surface area contributed by atoms with Gasteiger partial charge in [0, 0.05) is 19.3 Å². The zero-order valence-corrected chi connectivity index (χ0v) is 17.3. The summed E-state index contributed by atoms with van der Waals surface area (Å²) >= 11 is 0. The summed E-state index contributed by atoms with van der Waals surface area (Å²) in [6, 6.07) is 0. The van der Waals surface area contributed by atoms with E-state index in [1.54, 1.807) is 6.92 Å². The van der Waals surface area contributed by atoms with Crippen molar-refractivity contribution in [2.45, 2.75) is 69.0 Å². The van der Waals surface area contributed by atoms with E-state index in [1.165, 1.54) is 14.0 Å². The summed E-state index contributed by atoms with van der Waals surface area (Å²) in [4.78, 5) is 23.9. The van der Waals surface area contributed by atoms with E-state index in [4.69, 9.17) is 23.7 Å². The first kappa shape index (κ1) is 23.9. The molecule has 0 bridgehead atoms. The Hall–Kier alpha value is -1.80. The van der Waals surface area contributed by atoms with Crippen molar-refractivity contribution in [1.29, 1.82) is 0 Å². The van der Waals surface area contributed by atoms with Crippen molar-refractivity contribution in [1.82, 2.24) is 0 Å². The van der Waals surface area contributed by atoms with Crippen molar-refractivity contribution in [2.24, 2.45) is 11.8 Å². The Bertz CT molecular complexity index is 723. The number of carbonyl (C=O) groups is 2. The first-order valence-corrected chi connectivity index (χ1v) is 9.81. The fourth-order valence-corrected chi connectivity index (χ4v) is 4.63. The van der Waals surface area contributed by atoms with Gasteiger partial charge in [-0.1, -0.05) is 0 Å². The van der Waals surface area contributed by atoms with E-state index in [0.717, 1.165) is 6.26 Å². The molecule has 2 aliphatic heterocycles. The average Bonchev–Trinajstić information content (AvgIpc) is 2.98. The normalized spacial score (nSPS) is 44.6. The van der Waals surface area contributed by atoms with Crippen LogP contribution in [-0.4, -0.2) is 99.9 Å². The van der Waals surface area contributed by atoms with Gasteiger partial charge in [-0.2, -0.15) is 0 Å². The van der Waals surface area contributed by atoms with E-state index in [2.05, 4.69) is 0 Å². The van der Waals surface area contributed by atoms with Crippen molar-refractivity contribution in [2.75, 3.05) is 13.7 Å². The first-order chi connectivity index (χ1) is 14.5. The Balaban J connectivity index is 1.93. The number of aliphatic hydroxyl groups is 5. The minimum absolute atomic E-state index is 0.0181. The highest BCUT2D eigenvalue weighted by atomic mass is 16.8. The summed E-state index contributed by atoms with van der Waals surface area (Å²) in [5, 5.41) is 50.3. The van der Waals surface area contributed by atoms with Crippen LogP contribution in [0.5, 0.6) is 0 Å². The van der Waals surface area contributed by atoms with Crippen molar-refractivity contribution in [3.8, 4) is 0 Å². The van der Waals surface area contributed by atoms with E-state index in [9.17, 15) is 35.1 Å². The van der Waals surface area contributed by atoms with Gasteiger partial charge in [-0.05, 0) is 6.92 Å². The number of methoxy groups -OCH3 is 1. The second kappa shape index (κ2) is 8.98. The van der Waals surface area contributed by atoms with Crippen molar-refractivity contribution in [3.05, 3.63) is 11.8 Å². The van der Waals surface area contributed by atoms with Crippen LogP contribution in [-0.2, 0) is 33.3 Å². The van der Waals surface area contributed by atoms with Gasteiger partial charge in [0.25, 0.3) is 0 Å². The molecular formula is C19H28O12. The summed E-state index contributed by atoms with van der Waals surface area (Å²) < 4.78 is 26.8. The van der Waals surface area contributed by atoms with Gasteiger partial charge in [-0.15, -0.1) is 0 Å². The molecule has 5 N–H and O–H groups in total. The van der Waals surface area contributed by atoms with Gasteiger partial charge in [-0.25, -0.2) is 4.79 Å². The molecule has 0 unspecified atom stereocenters. The second-order valence-corrected chi connectivity index (χ2v) is 8.13. The molecule has 31 heavy (non-hydrogen) atoms. The summed E-state index contributed by atoms with van der Waals surface area (Å²) in [6.45, 7) is 2.09. The molecule has 2 fully saturated rings. The second-order valence-electron chi connectivity index (χ2n) is 8.13. The molecule has 10 atom stereocenters. The minimum Gasteiger partial charge on any atom is -0.471 e. The highest BCUT2D eigenvalue weighted by molar-refractivity contribution is 5.89. The number of aliphatic hydroxyl groups excluding tert-OH is 5. The van der Waals surface area contributed by atoms with E-state index in [1.807, 2.05) is 0 Å². The summed E-state index contributed by atoms with van der Waals surface area (Å²) in [5.41, 5.74) is -1.30. The van der Waals surface area contributed by atoms with Gasteiger partial charge >= 0.3 is 11.9 Å². The first-order valence-electron chi connectivity index (χ1n) is 9.81. The Labute approximate surface area is 177 Å². The van der Waals surface area contributed by atoms with Crippen LogP contribution in [0.3, 0.4) is 0 Å². The van der Waals surface area contributed by atoms with Crippen LogP contribution in [0, 0.1) is 11.8 Å². The number of esters is 2. The molecule has 2 heterocycles. The molecule has 1 aliphatic carbocycles. The molecule has 0 amide bonds. The molecule has 0 aromatic rings. The van der Waals surface area contributed by atoms with Crippen molar-refractivity contribution < 1.29 is 58.8 Å². The molecule has 3 aliphatic rings. The Morgan fingerprint density at radius 2 is 1.84 bits per heavy atom. The maximum absolute atomic E-state index is 12.2. The number of hydrogen-bond acceptors (Lipinski definition) is 12. The standard InChI is InChI=1S/C19H28O12/c1-7(21)31-19(2)4-9(22)11-8(16(26)27-3)6-28-17(12(11)19)30-18-15(25)14(24)13(23)10(5-20)29-18/h6,9-15,17-18,20,22-25H,4-5H2,1-3H3/t9-,10-,11+,12-,13-,14+,15-,17+,18+,19+/m1/s1. The predicted molar refractivity (Wildman–Crippen MR) is 97.6 cm³/mol. The third-order valence-electron chi connectivity index (χ3n) is 6.02. The van der Waals surface area contributed by atoms with Gasteiger partial charge in [0.15, 0.2) is 6.29 Å². The van der Waals surface area contributed by atoms with Crippen LogP contribution in [0.15, 0.2) is 11.8 Å². The maximum atomic E-state index is 12.2. The molecule has 3 rings (SSSR count). The van der Waals surface area contributed by atoms with Gasteiger partial charge < -0.3 is 49.2 Å². The van der Waals surface area contributed by atoms with Crippen LogP contribution in [0.25, 0.3) is 0 Å². The predicted octanol–water partition coefficient (Wildman–Crippen LogP) is -2.47. The number of ether oxygens (including phenoxy) is 5. The summed E-state index contributed by atoms with van der Waals surface area (Å²) in [7, 11) is 1.17. The van der Waals surface area contributed by atoms with Crippen LogP contribution < -0.4 is 0 Å². The van der Waals surface area contributed by atoms with Gasteiger partial charge in [0.2, 0.25) is 6.29 Å². The summed E-state index contributed by atoms with van der Waals surface area (Å²) in [5.74, 6) is -3.18. The van der Waals surface area contributed by atoms with Gasteiger partial charge in [0.05, 0.1) is 37.6 Å². The van der Waals surface area contributed by atoms with Gasteiger partial charge in [0.1, 0.15) is 30.0 Å². The Morgan fingerprint density at radius 3 is 2.42 bits per heavy atom.